The minimum atomic E-state index is -0.268. The number of aromatic hydroxyl groups is 1. The van der Waals surface area contributed by atoms with E-state index in [1.165, 1.54) is 6.07 Å². The lowest BCUT2D eigenvalue weighted by atomic mass is 10.1. The van der Waals surface area contributed by atoms with Gasteiger partial charge in [-0.1, -0.05) is 12.1 Å². The first-order valence-electron chi connectivity index (χ1n) is 7.36. The fourth-order valence-corrected chi connectivity index (χ4v) is 3.03. The van der Waals surface area contributed by atoms with E-state index in [-0.39, 0.29) is 11.3 Å². The molecule has 4 rings (SSSR count). The highest BCUT2D eigenvalue weighted by molar-refractivity contribution is 5.87. The molecule has 5 heteroatoms. The second kappa shape index (κ2) is 4.71. The summed E-state index contributed by atoms with van der Waals surface area (Å²) in [5.74, 6) is 0.829. The maximum atomic E-state index is 12.5. The monoisotopic (exact) mass is 305 g/mol. The van der Waals surface area contributed by atoms with Crippen LogP contribution in [0.25, 0.3) is 27.6 Å². The molecule has 0 amide bonds. The molecule has 4 aromatic rings. The second-order valence-electron chi connectivity index (χ2n) is 5.70. The Morgan fingerprint density at radius 3 is 2.74 bits per heavy atom. The van der Waals surface area contributed by atoms with Crippen LogP contribution >= 0.6 is 0 Å². The molecule has 0 saturated carbocycles. The number of pyridine rings is 1. The molecule has 2 aromatic heterocycles. The summed E-state index contributed by atoms with van der Waals surface area (Å²) in [5, 5.41) is 10.7. The summed E-state index contributed by atoms with van der Waals surface area (Å²) in [6, 6.07) is 12.5. The van der Waals surface area contributed by atoms with E-state index in [0.717, 1.165) is 28.1 Å². The molecule has 23 heavy (non-hydrogen) atoms. The van der Waals surface area contributed by atoms with Crippen LogP contribution in [-0.4, -0.2) is 19.6 Å². The highest BCUT2D eigenvalue weighted by Gasteiger charge is 2.13. The predicted octanol–water partition coefficient (Wildman–Crippen LogP) is 3.19. The summed E-state index contributed by atoms with van der Waals surface area (Å²) < 4.78 is 1.62. The zero-order chi connectivity index (χ0) is 16.1. The molecule has 0 atom stereocenters. The Morgan fingerprint density at radius 2 is 1.91 bits per heavy atom. The fraction of sp³-hybridized carbons (Fsp3) is 0.111. The maximum absolute atomic E-state index is 12.5. The lowest BCUT2D eigenvalue weighted by Crippen LogP contribution is -2.18. The molecule has 0 aliphatic heterocycles. The van der Waals surface area contributed by atoms with E-state index in [2.05, 4.69) is 9.97 Å². The lowest BCUT2D eigenvalue weighted by molar-refractivity contribution is 0.480. The van der Waals surface area contributed by atoms with Crippen molar-refractivity contribution in [2.75, 3.05) is 0 Å². The quantitative estimate of drug-likeness (QED) is 0.567. The minimum Gasteiger partial charge on any atom is -0.507 e. The zero-order valence-corrected chi connectivity index (χ0v) is 12.8. The smallest absolute Gasteiger partial charge is 0.259 e. The Morgan fingerprint density at radius 1 is 1.13 bits per heavy atom. The lowest BCUT2D eigenvalue weighted by Gasteiger charge is -2.13. The van der Waals surface area contributed by atoms with E-state index in [0.29, 0.717) is 10.9 Å². The number of aromatic amines is 1. The fourth-order valence-electron chi connectivity index (χ4n) is 3.03. The van der Waals surface area contributed by atoms with Gasteiger partial charge in [-0.25, -0.2) is 4.98 Å². The molecule has 0 bridgehead atoms. The largest absolute Gasteiger partial charge is 0.507 e. The van der Waals surface area contributed by atoms with Crippen LogP contribution in [0, 0.1) is 13.8 Å². The van der Waals surface area contributed by atoms with Crippen molar-refractivity contribution in [2.45, 2.75) is 13.8 Å². The van der Waals surface area contributed by atoms with Gasteiger partial charge in [-0.3, -0.25) is 9.36 Å². The molecule has 0 saturated heterocycles. The normalized spacial score (nSPS) is 11.4. The Balaban J connectivity index is 2.14. The van der Waals surface area contributed by atoms with Crippen molar-refractivity contribution in [2.24, 2.45) is 0 Å². The molecule has 0 aliphatic rings. The van der Waals surface area contributed by atoms with Crippen molar-refractivity contribution in [3.63, 3.8) is 0 Å². The van der Waals surface area contributed by atoms with Crippen LogP contribution in [0.5, 0.6) is 5.75 Å². The van der Waals surface area contributed by atoms with Crippen molar-refractivity contribution in [1.29, 1.82) is 0 Å². The summed E-state index contributed by atoms with van der Waals surface area (Å²) in [5.41, 5.74) is 3.89. The van der Waals surface area contributed by atoms with Crippen molar-refractivity contribution < 1.29 is 5.11 Å². The van der Waals surface area contributed by atoms with Gasteiger partial charge in [0.25, 0.3) is 5.56 Å². The number of benzene rings is 2. The molecule has 5 nitrogen and oxygen atoms in total. The molecule has 0 fully saturated rings. The van der Waals surface area contributed by atoms with Crippen molar-refractivity contribution in [1.82, 2.24) is 14.5 Å². The molecule has 2 heterocycles. The minimum absolute atomic E-state index is 0.00352. The Kier molecular flexibility index (Phi) is 2.78. The molecular weight excluding hydrogens is 290 g/mol. The van der Waals surface area contributed by atoms with Crippen LogP contribution in [0.1, 0.15) is 11.4 Å². The van der Waals surface area contributed by atoms with Crippen LogP contribution in [0.2, 0.25) is 0 Å². The zero-order valence-electron chi connectivity index (χ0n) is 12.8. The summed E-state index contributed by atoms with van der Waals surface area (Å²) in [6.45, 7) is 3.86. The van der Waals surface area contributed by atoms with Crippen molar-refractivity contribution in [3.8, 4) is 11.4 Å². The molecular formula is C18H15N3O2. The average Bonchev–Trinajstić information content (AvgIpc) is 2.86. The summed E-state index contributed by atoms with van der Waals surface area (Å²) >= 11 is 0. The molecule has 0 radical (unpaired) electrons. The topological polar surface area (TPSA) is 70.9 Å². The number of nitrogens with zero attached hydrogens (tertiary/aromatic N) is 2. The van der Waals surface area contributed by atoms with E-state index in [1.54, 1.807) is 10.6 Å². The number of hydrogen-bond acceptors (Lipinski definition) is 3. The Hall–Kier alpha value is -3.08. The van der Waals surface area contributed by atoms with Crippen molar-refractivity contribution >= 4 is 21.9 Å². The molecule has 0 unspecified atom stereocenters. The SMILES string of the molecule is Cc1nc2cc(-n3c(=O)cc(O)c4ccccc43)c(C)cc2[nH]1. The van der Waals surface area contributed by atoms with Crippen LogP contribution in [0.4, 0.5) is 0 Å². The van der Waals surface area contributed by atoms with E-state index in [9.17, 15) is 9.90 Å². The van der Waals surface area contributed by atoms with Gasteiger partial charge in [-0.05, 0) is 43.7 Å². The Labute approximate surface area is 131 Å². The van der Waals surface area contributed by atoms with Gasteiger partial charge in [0, 0.05) is 11.5 Å². The first kappa shape index (κ1) is 13.6. The van der Waals surface area contributed by atoms with Crippen LogP contribution in [0.15, 0.2) is 47.3 Å². The maximum Gasteiger partial charge on any atom is 0.259 e. The van der Waals surface area contributed by atoms with Gasteiger partial charge in [0.15, 0.2) is 0 Å². The number of aryl methyl sites for hydroxylation is 2. The van der Waals surface area contributed by atoms with E-state index in [4.69, 9.17) is 0 Å². The van der Waals surface area contributed by atoms with E-state index in [1.807, 2.05) is 44.2 Å². The van der Waals surface area contributed by atoms with Gasteiger partial charge in [0.2, 0.25) is 0 Å². The van der Waals surface area contributed by atoms with Gasteiger partial charge in [-0.2, -0.15) is 0 Å². The summed E-state index contributed by atoms with van der Waals surface area (Å²) in [4.78, 5) is 20.2. The van der Waals surface area contributed by atoms with Crippen LogP contribution < -0.4 is 5.56 Å². The number of hydrogen-bond donors (Lipinski definition) is 2. The first-order valence-corrected chi connectivity index (χ1v) is 7.36. The third-order valence-corrected chi connectivity index (χ3v) is 4.06. The van der Waals surface area contributed by atoms with Gasteiger partial charge in [0.05, 0.1) is 22.2 Å². The standard InChI is InChI=1S/C18H15N3O2/c1-10-7-13-14(20-11(2)19-13)8-16(10)21-15-6-4-3-5-12(15)17(22)9-18(21)23/h3-9,22H,1-2H3,(H,19,20). The van der Waals surface area contributed by atoms with Crippen molar-refractivity contribution in [3.05, 3.63) is 64.2 Å². The number of nitrogens with one attached hydrogen (secondary N) is 1. The average molecular weight is 305 g/mol. The van der Waals surface area contributed by atoms with E-state index < -0.39 is 0 Å². The predicted molar refractivity (Wildman–Crippen MR) is 90.3 cm³/mol. The molecule has 114 valence electrons. The highest BCUT2D eigenvalue weighted by Crippen LogP contribution is 2.27. The molecule has 2 aromatic carbocycles. The molecule has 0 spiro atoms. The second-order valence-corrected chi connectivity index (χ2v) is 5.70. The van der Waals surface area contributed by atoms with Gasteiger partial charge in [0.1, 0.15) is 11.6 Å². The van der Waals surface area contributed by atoms with E-state index >= 15 is 0 Å². The van der Waals surface area contributed by atoms with Gasteiger partial charge in [-0.15, -0.1) is 0 Å². The molecule has 2 N–H and O–H groups in total. The van der Waals surface area contributed by atoms with Crippen LogP contribution in [0.3, 0.4) is 0 Å². The Bertz CT molecular complexity index is 1120. The van der Waals surface area contributed by atoms with Gasteiger partial charge >= 0.3 is 0 Å². The first-order chi connectivity index (χ1) is 11.0. The summed E-state index contributed by atoms with van der Waals surface area (Å²) in [6.07, 6.45) is 0. The molecule has 0 aliphatic carbocycles. The third kappa shape index (κ3) is 2.01. The number of fused-ring (bicyclic) bond motifs is 2. The number of imidazole rings is 1. The number of aromatic nitrogens is 3. The van der Waals surface area contributed by atoms with Crippen LogP contribution in [-0.2, 0) is 0 Å². The van der Waals surface area contributed by atoms with Gasteiger partial charge < -0.3 is 10.1 Å². The number of para-hydroxylation sites is 1. The number of rotatable bonds is 1. The number of H-pyrrole nitrogens is 1. The highest BCUT2D eigenvalue weighted by atomic mass is 16.3. The third-order valence-electron chi connectivity index (χ3n) is 4.06. The summed E-state index contributed by atoms with van der Waals surface area (Å²) in [7, 11) is 0.